The van der Waals surface area contributed by atoms with Crippen LogP contribution in [-0.2, 0) is 9.73 Å². The summed E-state index contributed by atoms with van der Waals surface area (Å²) in [6.45, 7) is 6.22. The molecule has 1 aliphatic heterocycles. The van der Waals surface area contributed by atoms with Gasteiger partial charge in [0, 0.05) is 60.7 Å². The maximum Gasteiger partial charge on any atom is 0.259 e. The molecule has 2 aromatic heterocycles. The highest BCUT2D eigenvalue weighted by molar-refractivity contribution is 7.91. The van der Waals surface area contributed by atoms with Crippen molar-refractivity contribution in [2.45, 2.75) is 50.9 Å². The molecule has 1 amide bonds. The number of rotatable bonds is 5. The number of hydrogen-bond acceptors (Lipinski definition) is 6. The molecule has 1 saturated heterocycles. The van der Waals surface area contributed by atoms with Gasteiger partial charge in [-0.1, -0.05) is 26.0 Å². The summed E-state index contributed by atoms with van der Waals surface area (Å²) in [6.07, 6.45) is 4.35. The lowest BCUT2D eigenvalue weighted by molar-refractivity contribution is -0.0102. The Labute approximate surface area is 217 Å². The van der Waals surface area contributed by atoms with E-state index < -0.39 is 21.6 Å². The molecule has 0 spiro atoms. The van der Waals surface area contributed by atoms with Crippen molar-refractivity contribution in [3.63, 3.8) is 0 Å². The number of amides is 1. The van der Waals surface area contributed by atoms with Gasteiger partial charge in [0.25, 0.3) is 5.91 Å². The quantitative estimate of drug-likeness (QED) is 0.399. The molecule has 0 aliphatic carbocycles. The van der Waals surface area contributed by atoms with E-state index in [9.17, 15) is 17.8 Å². The lowest BCUT2D eigenvalue weighted by Gasteiger charge is -2.26. The second-order valence-electron chi connectivity index (χ2n) is 8.73. The molecule has 1 unspecified atom stereocenters. The number of halogens is 2. The van der Waals surface area contributed by atoms with E-state index in [1.165, 1.54) is 12.3 Å². The second-order valence-corrected chi connectivity index (χ2v) is 10.9. The summed E-state index contributed by atoms with van der Waals surface area (Å²) in [6, 6.07) is 11.8. The molecule has 1 fully saturated rings. The zero-order valence-electron chi connectivity index (χ0n) is 21.6. The van der Waals surface area contributed by atoms with Gasteiger partial charge in [-0.25, -0.2) is 22.8 Å². The summed E-state index contributed by atoms with van der Waals surface area (Å²) in [5, 5.41) is 2.82. The predicted molar refractivity (Wildman–Crippen MR) is 144 cm³/mol. The van der Waals surface area contributed by atoms with Gasteiger partial charge in [0.1, 0.15) is 5.82 Å². The number of nitrogens with one attached hydrogen (secondary N) is 2. The summed E-state index contributed by atoms with van der Waals surface area (Å²) < 4.78 is 48.0. The Balaban J connectivity index is 0.00000186. The molecule has 10 heteroatoms. The molecule has 37 heavy (non-hydrogen) atoms. The minimum atomic E-state index is -2.97. The number of carbonyl (C=O) groups excluding carboxylic acids is 1. The maximum atomic E-state index is 14.0. The monoisotopic (exact) mass is 529 g/mol. The number of benzene rings is 1. The van der Waals surface area contributed by atoms with Crippen LogP contribution in [0, 0.1) is 11.7 Å². The van der Waals surface area contributed by atoms with Crippen LogP contribution in [0.4, 0.5) is 20.3 Å². The van der Waals surface area contributed by atoms with Crippen molar-refractivity contribution in [1.29, 1.82) is 4.78 Å². The molecule has 1 aromatic carbocycles. The molecule has 7 nitrogen and oxygen atoms in total. The van der Waals surface area contributed by atoms with E-state index in [-0.39, 0.29) is 31.4 Å². The molecule has 0 radical (unpaired) electrons. The van der Waals surface area contributed by atoms with Gasteiger partial charge in [-0.05, 0) is 49.2 Å². The van der Waals surface area contributed by atoms with Crippen LogP contribution in [0.2, 0.25) is 0 Å². The average Bonchev–Trinajstić information content (AvgIpc) is 3.05. The van der Waals surface area contributed by atoms with Gasteiger partial charge in [0.05, 0.1) is 21.0 Å². The van der Waals surface area contributed by atoms with Crippen molar-refractivity contribution >= 4 is 27.1 Å². The number of hydrogen-bond donors (Lipinski definition) is 2. The number of anilines is 2. The van der Waals surface area contributed by atoms with Crippen molar-refractivity contribution in [2.24, 2.45) is 0 Å². The normalized spacial score (nSPS) is 16.5. The summed E-state index contributed by atoms with van der Waals surface area (Å²) >= 11 is 0. The molecule has 198 valence electrons. The molecule has 1 atom stereocenters. The van der Waals surface area contributed by atoms with Crippen LogP contribution in [-0.4, -0.2) is 45.4 Å². The van der Waals surface area contributed by atoms with E-state index in [1.54, 1.807) is 48.5 Å². The summed E-state index contributed by atoms with van der Waals surface area (Å²) in [5.74, 6) is -2.87. The molecular weight excluding hydrogens is 496 g/mol. The molecular formula is C27H33F2N5O2S. The van der Waals surface area contributed by atoms with Crippen LogP contribution in [0.3, 0.4) is 0 Å². The van der Waals surface area contributed by atoms with Gasteiger partial charge >= 0.3 is 0 Å². The number of alkyl halides is 2. The highest BCUT2D eigenvalue weighted by atomic mass is 32.2. The first-order valence-electron chi connectivity index (χ1n) is 12.2. The molecule has 0 saturated carbocycles. The molecule has 0 bridgehead atoms. The average molecular weight is 530 g/mol. The fourth-order valence-corrected chi connectivity index (χ4v) is 4.86. The molecule has 4 rings (SSSR count). The minimum Gasteiger partial charge on any atom is -0.356 e. The highest BCUT2D eigenvalue weighted by Gasteiger charge is 2.33. The SMILES string of the molecule is CC.Cc1c(-c2ccccn2)cnc(N2CCCC(F)(F)CC2)c1C(=O)Nc1cccc(S(C)(=N)=O)c1. The standard InChI is InChI=1S/C25H27F2N5O2S.C2H6/c1-17-20(21-9-3-4-12-29-21)16-30-23(32-13-6-10-25(26,27)11-14-32)22(17)24(33)31-18-7-5-8-19(15-18)35(2,28)34;1-2/h3-5,7-9,12,15-16,28H,6,10-11,13-14H2,1-2H3,(H,31,33);1-2H3. The van der Waals surface area contributed by atoms with Gasteiger partial charge in [0.2, 0.25) is 5.92 Å². The Morgan fingerprint density at radius 2 is 1.86 bits per heavy atom. The van der Waals surface area contributed by atoms with Gasteiger partial charge in [-0.2, -0.15) is 0 Å². The van der Waals surface area contributed by atoms with E-state index in [0.717, 1.165) is 0 Å². The first-order chi connectivity index (χ1) is 17.5. The van der Waals surface area contributed by atoms with E-state index in [2.05, 4.69) is 15.3 Å². The largest absolute Gasteiger partial charge is 0.356 e. The Kier molecular flexibility index (Phi) is 8.96. The van der Waals surface area contributed by atoms with Crippen LogP contribution in [0.1, 0.15) is 49.0 Å². The van der Waals surface area contributed by atoms with Crippen molar-refractivity contribution in [3.05, 3.63) is 66.0 Å². The number of aromatic nitrogens is 2. The minimum absolute atomic E-state index is 0.0783. The zero-order chi connectivity index (χ0) is 27.2. The Morgan fingerprint density at radius 1 is 1.11 bits per heavy atom. The number of pyridine rings is 2. The maximum absolute atomic E-state index is 14.0. The summed E-state index contributed by atoms with van der Waals surface area (Å²) in [7, 11) is -2.97. The fourth-order valence-electron chi connectivity index (χ4n) is 4.17. The first kappa shape index (κ1) is 28.2. The Hall–Kier alpha value is -3.40. The predicted octanol–water partition coefficient (Wildman–Crippen LogP) is 6.39. The molecule has 3 heterocycles. The number of nitrogens with zero attached hydrogens (tertiary/aromatic N) is 3. The van der Waals surface area contributed by atoms with Crippen molar-refractivity contribution in [1.82, 2.24) is 9.97 Å². The summed E-state index contributed by atoms with van der Waals surface area (Å²) in [4.78, 5) is 24.6. The lowest BCUT2D eigenvalue weighted by Crippen LogP contribution is -2.30. The Bertz CT molecular complexity index is 1350. The first-order valence-corrected chi connectivity index (χ1v) is 14.2. The topological polar surface area (TPSA) is 99.0 Å². The van der Waals surface area contributed by atoms with E-state index in [4.69, 9.17) is 4.78 Å². The molecule has 2 N–H and O–H groups in total. The third-order valence-electron chi connectivity index (χ3n) is 6.05. The van der Waals surface area contributed by atoms with Gasteiger partial charge in [-0.15, -0.1) is 0 Å². The van der Waals surface area contributed by atoms with E-state index in [0.29, 0.717) is 39.8 Å². The third kappa shape index (κ3) is 6.88. The van der Waals surface area contributed by atoms with Crippen molar-refractivity contribution in [2.75, 3.05) is 29.6 Å². The van der Waals surface area contributed by atoms with Crippen LogP contribution < -0.4 is 10.2 Å². The van der Waals surface area contributed by atoms with Gasteiger partial charge in [0.15, 0.2) is 0 Å². The lowest BCUT2D eigenvalue weighted by atomic mass is 10.0. The van der Waals surface area contributed by atoms with Gasteiger partial charge in [-0.3, -0.25) is 9.78 Å². The van der Waals surface area contributed by atoms with Crippen molar-refractivity contribution in [3.8, 4) is 11.3 Å². The zero-order valence-corrected chi connectivity index (χ0v) is 22.4. The highest BCUT2D eigenvalue weighted by Crippen LogP contribution is 2.34. The van der Waals surface area contributed by atoms with Gasteiger partial charge < -0.3 is 10.2 Å². The molecule has 3 aromatic rings. The third-order valence-corrected chi connectivity index (χ3v) is 7.20. The van der Waals surface area contributed by atoms with Crippen LogP contribution in [0.5, 0.6) is 0 Å². The van der Waals surface area contributed by atoms with E-state index >= 15 is 0 Å². The Morgan fingerprint density at radius 3 is 2.54 bits per heavy atom. The fraction of sp³-hybridized carbons (Fsp3) is 0.370. The van der Waals surface area contributed by atoms with Crippen LogP contribution in [0.25, 0.3) is 11.3 Å². The van der Waals surface area contributed by atoms with Crippen LogP contribution >= 0.6 is 0 Å². The smallest absolute Gasteiger partial charge is 0.259 e. The van der Waals surface area contributed by atoms with E-state index in [1.807, 2.05) is 26.0 Å². The van der Waals surface area contributed by atoms with Crippen LogP contribution in [0.15, 0.2) is 59.8 Å². The second kappa shape index (κ2) is 11.8. The summed E-state index contributed by atoms with van der Waals surface area (Å²) in [5.41, 5.74) is 2.58. The van der Waals surface area contributed by atoms with Crippen molar-refractivity contribution < 1.29 is 17.8 Å². The number of carbonyl (C=O) groups is 1. The molecule has 1 aliphatic rings.